The summed E-state index contributed by atoms with van der Waals surface area (Å²) in [5, 5.41) is 4.33. The monoisotopic (exact) mass is 417 g/mol. The molecule has 0 fully saturated rings. The molecule has 3 rings (SSSR count). The highest BCUT2D eigenvalue weighted by Crippen LogP contribution is 2.13. The van der Waals surface area contributed by atoms with E-state index < -0.39 is 23.7 Å². The number of amides is 1. The maximum Gasteiger partial charge on any atom is 0.329 e. The number of halogens is 1. The number of nitrogens with one attached hydrogen (secondary N) is 1. The van der Waals surface area contributed by atoms with E-state index in [1.54, 1.807) is 20.8 Å². The fourth-order valence-electron chi connectivity index (χ4n) is 2.77. The Bertz CT molecular complexity index is 1120. The highest BCUT2D eigenvalue weighted by molar-refractivity contribution is 7.15. The Hall–Kier alpha value is -3.07. The number of thiazole rings is 1. The SMILES string of the molecule is Cc1csc2nc(COC(=O)C(NC(=O)c3ccccc3F)C(C)C)cc(=O)n12. The maximum atomic E-state index is 13.8. The number of carbonyl (C=O) groups is 2. The maximum absolute atomic E-state index is 13.8. The Morgan fingerprint density at radius 2 is 2.03 bits per heavy atom. The van der Waals surface area contributed by atoms with Crippen LogP contribution in [0.3, 0.4) is 0 Å². The van der Waals surface area contributed by atoms with Crippen molar-refractivity contribution in [1.82, 2.24) is 14.7 Å². The Kier molecular flexibility index (Phi) is 6.07. The average molecular weight is 417 g/mol. The zero-order valence-electron chi connectivity index (χ0n) is 16.1. The summed E-state index contributed by atoms with van der Waals surface area (Å²) in [5.41, 5.74) is 0.683. The van der Waals surface area contributed by atoms with Crippen molar-refractivity contribution >= 4 is 28.2 Å². The normalized spacial score (nSPS) is 12.2. The lowest BCUT2D eigenvalue weighted by molar-refractivity contribution is -0.148. The fourth-order valence-corrected chi connectivity index (χ4v) is 3.66. The van der Waals surface area contributed by atoms with Gasteiger partial charge in [0, 0.05) is 17.1 Å². The molecule has 1 N–H and O–H groups in total. The van der Waals surface area contributed by atoms with E-state index in [1.807, 2.05) is 5.38 Å². The first kappa shape index (κ1) is 20.7. The van der Waals surface area contributed by atoms with Crippen LogP contribution in [-0.2, 0) is 16.1 Å². The number of esters is 1. The summed E-state index contributed by atoms with van der Waals surface area (Å²) in [5.74, 6) is -2.36. The molecule has 29 heavy (non-hydrogen) atoms. The Balaban J connectivity index is 1.71. The lowest BCUT2D eigenvalue weighted by Crippen LogP contribution is -2.45. The van der Waals surface area contributed by atoms with Gasteiger partial charge < -0.3 is 10.1 Å². The molecule has 2 aromatic heterocycles. The van der Waals surface area contributed by atoms with Gasteiger partial charge in [-0.05, 0) is 25.0 Å². The van der Waals surface area contributed by atoms with Gasteiger partial charge in [-0.1, -0.05) is 26.0 Å². The van der Waals surface area contributed by atoms with Crippen LogP contribution in [0.25, 0.3) is 4.96 Å². The number of ether oxygens (including phenoxy) is 1. The Morgan fingerprint density at radius 1 is 1.31 bits per heavy atom. The molecular weight excluding hydrogens is 397 g/mol. The van der Waals surface area contributed by atoms with Crippen LogP contribution in [-0.4, -0.2) is 27.3 Å². The first-order valence-corrected chi connectivity index (χ1v) is 9.84. The van der Waals surface area contributed by atoms with Gasteiger partial charge in [0.05, 0.1) is 11.3 Å². The Morgan fingerprint density at radius 3 is 2.72 bits per heavy atom. The molecular formula is C20H20FN3O4S. The van der Waals surface area contributed by atoms with E-state index in [4.69, 9.17) is 4.74 Å². The average Bonchev–Trinajstić information content (AvgIpc) is 3.05. The van der Waals surface area contributed by atoms with Crippen molar-refractivity contribution in [2.24, 2.45) is 5.92 Å². The van der Waals surface area contributed by atoms with Crippen molar-refractivity contribution in [1.29, 1.82) is 0 Å². The van der Waals surface area contributed by atoms with Crippen molar-refractivity contribution in [2.75, 3.05) is 0 Å². The number of fused-ring (bicyclic) bond motifs is 1. The third-order valence-electron chi connectivity index (χ3n) is 4.32. The third kappa shape index (κ3) is 4.51. The number of rotatable bonds is 6. The molecule has 9 heteroatoms. The fraction of sp³-hybridized carbons (Fsp3) is 0.300. The molecule has 2 heterocycles. The standard InChI is InChI=1S/C20H20FN3O4S/c1-11(2)17(23-18(26)14-6-4-5-7-15(14)21)19(27)28-9-13-8-16(25)24-12(3)10-29-20(24)22-13/h4-8,10-11,17H,9H2,1-3H3,(H,23,26). The van der Waals surface area contributed by atoms with Crippen LogP contribution in [0.4, 0.5) is 4.39 Å². The van der Waals surface area contributed by atoms with E-state index in [9.17, 15) is 18.8 Å². The molecule has 0 aliphatic carbocycles. The van der Waals surface area contributed by atoms with Gasteiger partial charge in [-0.3, -0.25) is 14.0 Å². The van der Waals surface area contributed by atoms with Crippen LogP contribution in [0.1, 0.15) is 35.6 Å². The summed E-state index contributed by atoms with van der Waals surface area (Å²) < 4.78 is 20.6. The molecule has 1 amide bonds. The molecule has 1 unspecified atom stereocenters. The van der Waals surface area contributed by atoms with Gasteiger partial charge in [-0.15, -0.1) is 11.3 Å². The van der Waals surface area contributed by atoms with E-state index in [0.717, 1.165) is 5.69 Å². The van der Waals surface area contributed by atoms with Crippen molar-refractivity contribution in [2.45, 2.75) is 33.4 Å². The molecule has 0 saturated heterocycles. The van der Waals surface area contributed by atoms with Gasteiger partial charge in [0.2, 0.25) is 0 Å². The second kappa shape index (κ2) is 8.52. The minimum atomic E-state index is -0.976. The number of hydrogen-bond donors (Lipinski definition) is 1. The number of nitrogens with zero attached hydrogens (tertiary/aromatic N) is 2. The van der Waals surface area contributed by atoms with Gasteiger partial charge in [0.1, 0.15) is 18.5 Å². The molecule has 0 saturated carbocycles. The summed E-state index contributed by atoms with van der Waals surface area (Å²) >= 11 is 1.31. The number of hydrogen-bond acceptors (Lipinski definition) is 6. The first-order chi connectivity index (χ1) is 13.8. The highest BCUT2D eigenvalue weighted by Gasteiger charge is 2.27. The van der Waals surface area contributed by atoms with Crippen LogP contribution < -0.4 is 10.9 Å². The van der Waals surface area contributed by atoms with Crippen molar-refractivity contribution in [3.05, 3.63) is 68.8 Å². The predicted octanol–water partition coefficient (Wildman–Crippen LogP) is 2.70. The lowest BCUT2D eigenvalue weighted by Gasteiger charge is -2.21. The van der Waals surface area contributed by atoms with Crippen molar-refractivity contribution in [3.8, 4) is 0 Å². The van der Waals surface area contributed by atoms with E-state index in [0.29, 0.717) is 10.7 Å². The number of benzene rings is 1. The molecule has 0 aliphatic rings. The number of carbonyl (C=O) groups excluding carboxylic acids is 2. The highest BCUT2D eigenvalue weighted by atomic mass is 32.1. The summed E-state index contributed by atoms with van der Waals surface area (Å²) in [6.45, 7) is 5.06. The Labute approximate surface area is 170 Å². The third-order valence-corrected chi connectivity index (χ3v) is 5.26. The smallest absolute Gasteiger partial charge is 0.329 e. The summed E-state index contributed by atoms with van der Waals surface area (Å²) in [6.07, 6.45) is 0. The molecule has 3 aromatic rings. The van der Waals surface area contributed by atoms with Crippen LogP contribution in [0.2, 0.25) is 0 Å². The lowest BCUT2D eigenvalue weighted by atomic mass is 10.0. The van der Waals surface area contributed by atoms with Crippen LogP contribution in [0.15, 0.2) is 40.5 Å². The zero-order chi connectivity index (χ0) is 21.1. The van der Waals surface area contributed by atoms with Crippen molar-refractivity contribution in [3.63, 3.8) is 0 Å². The van der Waals surface area contributed by atoms with Gasteiger partial charge in [-0.2, -0.15) is 0 Å². The molecule has 0 radical (unpaired) electrons. The van der Waals surface area contributed by atoms with Crippen molar-refractivity contribution < 1.29 is 18.7 Å². The minimum Gasteiger partial charge on any atom is -0.458 e. The molecule has 152 valence electrons. The van der Waals surface area contributed by atoms with Gasteiger partial charge in [0.15, 0.2) is 4.96 Å². The molecule has 7 nitrogen and oxygen atoms in total. The van der Waals surface area contributed by atoms with Crippen LogP contribution >= 0.6 is 11.3 Å². The van der Waals surface area contributed by atoms with Gasteiger partial charge in [0.25, 0.3) is 11.5 Å². The largest absolute Gasteiger partial charge is 0.458 e. The van der Waals surface area contributed by atoms with Crippen LogP contribution in [0, 0.1) is 18.7 Å². The minimum absolute atomic E-state index is 0.154. The second-order valence-corrected chi connectivity index (χ2v) is 7.70. The molecule has 1 aromatic carbocycles. The van der Waals surface area contributed by atoms with Gasteiger partial charge >= 0.3 is 5.97 Å². The van der Waals surface area contributed by atoms with E-state index in [-0.39, 0.29) is 23.6 Å². The van der Waals surface area contributed by atoms with E-state index in [2.05, 4.69) is 10.3 Å². The van der Waals surface area contributed by atoms with Crippen LogP contribution in [0.5, 0.6) is 0 Å². The quantitative estimate of drug-likeness (QED) is 0.623. The number of aromatic nitrogens is 2. The number of aryl methyl sites for hydroxylation is 1. The molecule has 0 aliphatic heterocycles. The second-order valence-electron chi connectivity index (χ2n) is 6.86. The zero-order valence-corrected chi connectivity index (χ0v) is 17.0. The van der Waals surface area contributed by atoms with Gasteiger partial charge in [-0.25, -0.2) is 14.2 Å². The summed E-state index contributed by atoms with van der Waals surface area (Å²) in [6, 6.07) is 5.85. The summed E-state index contributed by atoms with van der Waals surface area (Å²) in [7, 11) is 0. The van der Waals surface area contributed by atoms with E-state index in [1.165, 1.54) is 46.1 Å². The first-order valence-electron chi connectivity index (χ1n) is 8.96. The molecule has 1 atom stereocenters. The topological polar surface area (TPSA) is 89.8 Å². The molecule has 0 bridgehead atoms. The molecule has 0 spiro atoms. The predicted molar refractivity (Wildman–Crippen MR) is 106 cm³/mol. The van der Waals surface area contributed by atoms with E-state index >= 15 is 0 Å². The summed E-state index contributed by atoms with van der Waals surface area (Å²) in [4.78, 5) is 41.9.